The number of unbranched alkanes of at least 4 members (excludes halogenated alkanes) is 11. The zero-order valence-corrected chi connectivity index (χ0v) is 15.4. The monoisotopic (exact) mass is 307 g/mol. The zero-order valence-electron chi connectivity index (χ0n) is 11.6. The largest absolute Gasteiger partial charge is 2.00 e. The van der Waals surface area contributed by atoms with E-state index in [1.807, 2.05) is 0 Å². The third-order valence-electron chi connectivity index (χ3n) is 2.92. The van der Waals surface area contributed by atoms with Gasteiger partial charge in [0.15, 0.2) is 0 Å². The number of rotatable bonds is 11. The van der Waals surface area contributed by atoms with Gasteiger partial charge in [0.2, 0.25) is 0 Å². The molecule has 0 aliphatic heterocycles. The van der Waals surface area contributed by atoms with Gasteiger partial charge in [0.05, 0.1) is 0 Å². The van der Waals surface area contributed by atoms with Gasteiger partial charge in [-0.1, -0.05) is 71.1 Å². The number of halogens is 1. The molecule has 2 heteroatoms. The van der Waals surface area contributed by atoms with Gasteiger partial charge in [-0.05, 0) is 6.42 Å². The van der Waals surface area contributed by atoms with Crippen molar-refractivity contribution in [3.63, 3.8) is 0 Å². The Morgan fingerprint density at radius 2 is 1.06 bits per heavy atom. The second-order valence-electron chi connectivity index (χ2n) is 4.49. The quantitative estimate of drug-likeness (QED) is 0.312. The molecular weight excluding hydrogens is 281 g/mol. The maximum Gasteiger partial charge on any atom is 2.00 e. The first-order valence-electron chi connectivity index (χ1n) is 6.85. The van der Waals surface area contributed by atoms with Crippen molar-refractivity contribution in [3.8, 4) is 12.3 Å². The third kappa shape index (κ3) is 22.2. The average Bonchev–Trinajstić information content (AvgIpc) is 2.26. The van der Waals surface area contributed by atoms with E-state index in [0.717, 1.165) is 6.42 Å². The van der Waals surface area contributed by atoms with Crippen molar-refractivity contribution >= 4 is 0 Å². The van der Waals surface area contributed by atoms with Crippen LogP contribution in [0.25, 0.3) is 0 Å². The smallest absolute Gasteiger partial charge is 1.00 e. The van der Waals surface area contributed by atoms with Crippen LogP contribution in [0.2, 0.25) is 0 Å². The predicted octanol–water partition coefficient (Wildman–Crippen LogP) is 2.32. The molecule has 0 aliphatic rings. The van der Waals surface area contributed by atoms with Crippen LogP contribution in [0.1, 0.15) is 84.0 Å². The summed E-state index contributed by atoms with van der Waals surface area (Å²) in [6.45, 7) is 2.27. The molecular formula is C15H28ClZn+. The van der Waals surface area contributed by atoms with Crippen molar-refractivity contribution in [2.75, 3.05) is 0 Å². The van der Waals surface area contributed by atoms with Crippen LogP contribution in [-0.2, 0) is 19.5 Å². The Balaban J connectivity index is -0.000000980. The fourth-order valence-electron chi connectivity index (χ4n) is 1.89. The predicted molar refractivity (Wildman–Crippen MR) is 69.9 cm³/mol. The van der Waals surface area contributed by atoms with E-state index >= 15 is 0 Å². The first-order valence-corrected chi connectivity index (χ1v) is 6.85. The first kappa shape index (κ1) is 22.6. The summed E-state index contributed by atoms with van der Waals surface area (Å²) in [4.78, 5) is 0. The summed E-state index contributed by atoms with van der Waals surface area (Å²) in [6, 6.07) is 0. The Morgan fingerprint density at radius 3 is 1.41 bits per heavy atom. The fourth-order valence-corrected chi connectivity index (χ4v) is 1.89. The summed E-state index contributed by atoms with van der Waals surface area (Å²) in [5, 5.41) is 0. The third-order valence-corrected chi connectivity index (χ3v) is 2.92. The molecule has 0 radical (unpaired) electrons. The van der Waals surface area contributed by atoms with Crippen molar-refractivity contribution in [1.29, 1.82) is 0 Å². The summed E-state index contributed by atoms with van der Waals surface area (Å²) in [6.07, 6.45) is 21.5. The van der Waals surface area contributed by atoms with E-state index < -0.39 is 0 Å². The molecule has 0 atom stereocenters. The van der Waals surface area contributed by atoms with Crippen LogP contribution in [0.5, 0.6) is 0 Å². The standard InChI is InChI=1S/C15H28.ClH.Zn/c1-3-5-7-9-11-13-15-14-12-10-8-6-4-2;;/h1H,4-15H2,2H3;1H;/q;;+2/p-1. The van der Waals surface area contributed by atoms with Gasteiger partial charge in [-0.3, -0.25) is 0 Å². The van der Waals surface area contributed by atoms with Gasteiger partial charge in [0.1, 0.15) is 0 Å². The topological polar surface area (TPSA) is 0 Å². The fraction of sp³-hybridized carbons (Fsp3) is 0.867. The number of hydrogen-bond donors (Lipinski definition) is 0. The molecule has 0 amide bonds. The molecule has 0 saturated heterocycles. The van der Waals surface area contributed by atoms with Crippen molar-refractivity contribution < 1.29 is 31.9 Å². The van der Waals surface area contributed by atoms with Crippen LogP contribution in [0.4, 0.5) is 0 Å². The van der Waals surface area contributed by atoms with Crippen LogP contribution in [-0.4, -0.2) is 0 Å². The molecule has 0 aliphatic carbocycles. The number of terminal acetylenes is 1. The van der Waals surface area contributed by atoms with E-state index in [0.29, 0.717) is 0 Å². The second kappa shape index (κ2) is 21.7. The molecule has 0 spiro atoms. The maximum atomic E-state index is 5.20. The van der Waals surface area contributed by atoms with Crippen LogP contribution < -0.4 is 12.4 Å². The molecule has 0 aromatic rings. The Hall–Kier alpha value is 0.473. The Kier molecular flexibility index (Phi) is 28.9. The van der Waals surface area contributed by atoms with Crippen LogP contribution in [0, 0.1) is 12.3 Å². The normalized spacial score (nSPS) is 8.94. The minimum atomic E-state index is 0. The van der Waals surface area contributed by atoms with Gasteiger partial charge in [0.25, 0.3) is 0 Å². The molecule has 0 unspecified atom stereocenters. The summed E-state index contributed by atoms with van der Waals surface area (Å²) in [5.74, 6) is 2.70. The van der Waals surface area contributed by atoms with Crippen LogP contribution in [0.15, 0.2) is 0 Å². The minimum Gasteiger partial charge on any atom is -1.00 e. The molecule has 0 N–H and O–H groups in total. The molecule has 0 rings (SSSR count). The van der Waals surface area contributed by atoms with E-state index in [4.69, 9.17) is 6.42 Å². The Labute approximate surface area is 128 Å². The maximum absolute atomic E-state index is 5.20. The minimum absolute atomic E-state index is 0. The molecule has 17 heavy (non-hydrogen) atoms. The first-order chi connectivity index (χ1) is 7.41. The SMILES string of the molecule is C#CCCCCCCCCCCCCC.[Cl-].[Zn+2]. The molecule has 0 aromatic carbocycles. The summed E-state index contributed by atoms with van der Waals surface area (Å²) in [7, 11) is 0. The summed E-state index contributed by atoms with van der Waals surface area (Å²) < 4.78 is 0. The van der Waals surface area contributed by atoms with Crippen molar-refractivity contribution in [2.45, 2.75) is 84.0 Å². The van der Waals surface area contributed by atoms with Crippen molar-refractivity contribution in [1.82, 2.24) is 0 Å². The average molecular weight is 309 g/mol. The van der Waals surface area contributed by atoms with E-state index in [-0.39, 0.29) is 31.9 Å². The number of hydrogen-bond acceptors (Lipinski definition) is 0. The van der Waals surface area contributed by atoms with E-state index in [1.54, 1.807) is 0 Å². The van der Waals surface area contributed by atoms with Gasteiger partial charge in [-0.25, -0.2) is 0 Å². The molecule has 0 bridgehead atoms. The van der Waals surface area contributed by atoms with Gasteiger partial charge in [-0.2, -0.15) is 0 Å². The van der Waals surface area contributed by atoms with Gasteiger partial charge in [0, 0.05) is 6.42 Å². The van der Waals surface area contributed by atoms with Gasteiger partial charge < -0.3 is 12.4 Å². The van der Waals surface area contributed by atoms with Crippen LogP contribution in [0.3, 0.4) is 0 Å². The Morgan fingerprint density at radius 1 is 0.706 bits per heavy atom. The zero-order chi connectivity index (χ0) is 11.2. The molecule has 0 aromatic heterocycles. The molecule has 96 valence electrons. The van der Waals surface area contributed by atoms with E-state index in [9.17, 15) is 0 Å². The van der Waals surface area contributed by atoms with Gasteiger partial charge in [-0.15, -0.1) is 12.3 Å². The summed E-state index contributed by atoms with van der Waals surface area (Å²) in [5.41, 5.74) is 0. The Bertz CT molecular complexity index is 151. The summed E-state index contributed by atoms with van der Waals surface area (Å²) >= 11 is 0. The molecule has 0 heterocycles. The van der Waals surface area contributed by atoms with Crippen LogP contribution >= 0.6 is 0 Å². The van der Waals surface area contributed by atoms with E-state index in [2.05, 4.69) is 12.8 Å². The molecule has 0 fully saturated rings. The van der Waals surface area contributed by atoms with Crippen molar-refractivity contribution in [2.24, 2.45) is 0 Å². The molecule has 0 saturated carbocycles. The van der Waals surface area contributed by atoms with E-state index in [1.165, 1.54) is 70.6 Å². The second-order valence-corrected chi connectivity index (χ2v) is 4.49. The van der Waals surface area contributed by atoms with Gasteiger partial charge >= 0.3 is 19.5 Å². The van der Waals surface area contributed by atoms with Crippen molar-refractivity contribution in [3.05, 3.63) is 0 Å². The molecule has 0 nitrogen and oxygen atoms in total.